The topological polar surface area (TPSA) is 71.0 Å². The Morgan fingerprint density at radius 2 is 2.08 bits per heavy atom. The number of carbonyl (C=O) groups excluding carboxylic acids is 1. The second-order valence-corrected chi connectivity index (χ2v) is 6.90. The number of hydrogen-bond donors (Lipinski definition) is 1. The monoisotopic (exact) mass is 355 g/mol. The Morgan fingerprint density at radius 1 is 1.28 bits per heavy atom. The van der Waals surface area contributed by atoms with E-state index in [2.05, 4.69) is 33.3 Å². The van der Waals surface area contributed by atoms with E-state index in [0.717, 1.165) is 28.9 Å². The first kappa shape index (κ1) is 17.3. The van der Waals surface area contributed by atoms with Crippen molar-refractivity contribution in [3.63, 3.8) is 0 Å². The number of likely N-dealkylation sites (N-methyl/N-ethyl adjacent to an activating group) is 1. The molecule has 0 aliphatic rings. The van der Waals surface area contributed by atoms with Crippen LogP contribution < -0.4 is 5.32 Å². The van der Waals surface area contributed by atoms with Gasteiger partial charge in [-0.05, 0) is 36.6 Å². The van der Waals surface area contributed by atoms with Gasteiger partial charge in [-0.3, -0.25) is 9.78 Å². The lowest BCUT2D eigenvalue weighted by atomic mass is 10.2. The zero-order chi connectivity index (χ0) is 17.6. The highest BCUT2D eigenvalue weighted by Gasteiger charge is 2.12. The number of aryl methyl sites for hydroxylation is 1. The molecule has 3 aromatic heterocycles. The van der Waals surface area contributed by atoms with E-state index in [9.17, 15) is 4.79 Å². The lowest BCUT2D eigenvalue weighted by molar-refractivity contribution is -0.127. The molecule has 0 aliphatic carbocycles. The molecule has 0 aromatic carbocycles. The molecule has 1 amide bonds. The van der Waals surface area contributed by atoms with Crippen molar-refractivity contribution in [3.8, 4) is 0 Å². The molecule has 130 valence electrons. The van der Waals surface area contributed by atoms with Crippen molar-refractivity contribution in [1.29, 1.82) is 0 Å². The molecule has 0 fully saturated rings. The van der Waals surface area contributed by atoms with Gasteiger partial charge in [0, 0.05) is 30.9 Å². The Labute approximate surface area is 150 Å². The fraction of sp³-hybridized carbons (Fsp3) is 0.333. The Balaban J connectivity index is 1.57. The molecule has 1 N–H and O–H groups in total. The van der Waals surface area contributed by atoms with Crippen LogP contribution in [0.4, 0.5) is 5.82 Å². The highest BCUT2D eigenvalue weighted by atomic mass is 32.1. The lowest BCUT2D eigenvalue weighted by Crippen LogP contribution is -2.33. The summed E-state index contributed by atoms with van der Waals surface area (Å²) in [6.45, 7) is 3.00. The molecule has 0 bridgehead atoms. The van der Waals surface area contributed by atoms with Gasteiger partial charge in [-0.2, -0.15) is 0 Å². The van der Waals surface area contributed by atoms with Crippen molar-refractivity contribution in [1.82, 2.24) is 19.9 Å². The average molecular weight is 355 g/mol. The van der Waals surface area contributed by atoms with Crippen LogP contribution in [0.5, 0.6) is 0 Å². The van der Waals surface area contributed by atoms with E-state index >= 15 is 0 Å². The van der Waals surface area contributed by atoms with Crippen LogP contribution in [0.3, 0.4) is 0 Å². The number of fused-ring (bicyclic) bond motifs is 1. The maximum Gasteiger partial charge on any atom is 0.241 e. The van der Waals surface area contributed by atoms with E-state index in [0.29, 0.717) is 6.54 Å². The Bertz CT molecular complexity index is 849. The van der Waals surface area contributed by atoms with Gasteiger partial charge in [0.05, 0.1) is 11.9 Å². The van der Waals surface area contributed by atoms with Gasteiger partial charge >= 0.3 is 0 Å². The molecule has 7 heteroatoms. The fourth-order valence-electron chi connectivity index (χ4n) is 2.49. The third-order valence-electron chi connectivity index (χ3n) is 4.05. The maximum atomic E-state index is 12.3. The number of aromatic nitrogens is 3. The number of anilines is 1. The van der Waals surface area contributed by atoms with E-state index in [4.69, 9.17) is 0 Å². The zero-order valence-electron chi connectivity index (χ0n) is 14.4. The van der Waals surface area contributed by atoms with Gasteiger partial charge in [-0.25, -0.2) is 9.97 Å². The number of nitrogens with one attached hydrogen (secondary N) is 1. The fourth-order valence-corrected chi connectivity index (χ4v) is 3.42. The van der Waals surface area contributed by atoms with E-state index in [1.807, 2.05) is 19.2 Å². The highest BCUT2D eigenvalue weighted by molar-refractivity contribution is 7.18. The third kappa shape index (κ3) is 4.30. The van der Waals surface area contributed by atoms with E-state index in [1.165, 1.54) is 16.8 Å². The molecule has 0 atom stereocenters. The number of rotatable bonds is 7. The largest absolute Gasteiger partial charge is 0.360 e. The summed E-state index contributed by atoms with van der Waals surface area (Å²) < 4.78 is 0. The average Bonchev–Trinajstić information content (AvgIpc) is 3.09. The summed E-state index contributed by atoms with van der Waals surface area (Å²) in [5.74, 6) is 0.753. The van der Waals surface area contributed by atoms with E-state index in [1.54, 1.807) is 28.6 Å². The summed E-state index contributed by atoms with van der Waals surface area (Å²) in [5.41, 5.74) is 1.17. The standard InChI is InChI=1S/C18H21N5OS/c1-3-14-10-15-17(21-12-22-18(15)25-14)20-11-16(24)23(2)9-6-13-4-7-19-8-5-13/h4-5,7-8,10,12H,3,6,9,11H2,1-2H3,(H,20,21,22). The van der Waals surface area contributed by atoms with Crippen LogP contribution in [0, 0.1) is 0 Å². The smallest absolute Gasteiger partial charge is 0.241 e. The number of thiophene rings is 1. The summed E-state index contributed by atoms with van der Waals surface area (Å²) in [4.78, 5) is 28.9. The van der Waals surface area contributed by atoms with Crippen molar-refractivity contribution in [2.24, 2.45) is 0 Å². The second-order valence-electron chi connectivity index (χ2n) is 5.78. The molecule has 0 spiro atoms. The minimum Gasteiger partial charge on any atom is -0.360 e. The van der Waals surface area contributed by atoms with Crippen LogP contribution in [0.15, 0.2) is 36.9 Å². The van der Waals surface area contributed by atoms with Crippen LogP contribution in [0.2, 0.25) is 0 Å². The van der Waals surface area contributed by atoms with E-state index in [-0.39, 0.29) is 12.5 Å². The SMILES string of the molecule is CCc1cc2c(NCC(=O)N(C)CCc3ccncc3)ncnc2s1. The van der Waals surface area contributed by atoms with Crippen molar-refractivity contribution in [3.05, 3.63) is 47.4 Å². The number of carbonyl (C=O) groups is 1. The molecular weight excluding hydrogens is 334 g/mol. The molecule has 3 heterocycles. The Morgan fingerprint density at radius 3 is 2.84 bits per heavy atom. The van der Waals surface area contributed by atoms with Crippen molar-refractivity contribution >= 4 is 33.3 Å². The van der Waals surface area contributed by atoms with Crippen molar-refractivity contribution < 1.29 is 4.79 Å². The number of pyridine rings is 1. The first-order chi connectivity index (χ1) is 12.2. The predicted molar refractivity (Wildman–Crippen MR) is 101 cm³/mol. The molecule has 0 unspecified atom stereocenters. The number of amides is 1. The van der Waals surface area contributed by atoms with Crippen LogP contribution in [0.25, 0.3) is 10.2 Å². The minimum atomic E-state index is 0.0340. The van der Waals surface area contributed by atoms with Crippen LogP contribution in [-0.4, -0.2) is 45.9 Å². The molecule has 0 saturated heterocycles. The summed E-state index contributed by atoms with van der Waals surface area (Å²) in [7, 11) is 1.82. The number of hydrogen-bond acceptors (Lipinski definition) is 6. The maximum absolute atomic E-state index is 12.3. The molecule has 0 aliphatic heterocycles. The van der Waals surface area contributed by atoms with Gasteiger partial charge < -0.3 is 10.2 Å². The van der Waals surface area contributed by atoms with Gasteiger partial charge in [-0.1, -0.05) is 6.92 Å². The summed E-state index contributed by atoms with van der Waals surface area (Å²) in [6, 6.07) is 6.03. The van der Waals surface area contributed by atoms with Crippen LogP contribution in [0.1, 0.15) is 17.4 Å². The quantitative estimate of drug-likeness (QED) is 0.706. The number of nitrogens with zero attached hydrogens (tertiary/aromatic N) is 4. The Kier molecular flexibility index (Phi) is 5.55. The predicted octanol–water partition coefficient (Wildman–Crippen LogP) is 2.76. The van der Waals surface area contributed by atoms with Crippen LogP contribution in [-0.2, 0) is 17.6 Å². The normalized spacial score (nSPS) is 10.8. The van der Waals surface area contributed by atoms with Gasteiger partial charge in [0.25, 0.3) is 0 Å². The van der Waals surface area contributed by atoms with Crippen LogP contribution >= 0.6 is 11.3 Å². The highest BCUT2D eigenvalue weighted by Crippen LogP contribution is 2.28. The second kappa shape index (κ2) is 8.02. The van der Waals surface area contributed by atoms with Gasteiger partial charge in [0.1, 0.15) is 17.0 Å². The Hall–Kier alpha value is -2.54. The first-order valence-electron chi connectivity index (χ1n) is 8.27. The molecule has 3 rings (SSSR count). The molecule has 3 aromatic rings. The van der Waals surface area contributed by atoms with Crippen molar-refractivity contribution in [2.75, 3.05) is 25.5 Å². The minimum absolute atomic E-state index is 0.0340. The summed E-state index contributed by atoms with van der Waals surface area (Å²) in [6.07, 6.45) is 6.86. The third-order valence-corrected chi connectivity index (χ3v) is 5.23. The van der Waals surface area contributed by atoms with Gasteiger partial charge in [0.2, 0.25) is 5.91 Å². The first-order valence-corrected chi connectivity index (χ1v) is 9.09. The molecule has 0 radical (unpaired) electrons. The lowest BCUT2D eigenvalue weighted by Gasteiger charge is -2.17. The molecule has 25 heavy (non-hydrogen) atoms. The van der Waals surface area contributed by atoms with Crippen molar-refractivity contribution in [2.45, 2.75) is 19.8 Å². The zero-order valence-corrected chi connectivity index (χ0v) is 15.2. The summed E-state index contributed by atoms with van der Waals surface area (Å²) in [5, 5.41) is 4.14. The summed E-state index contributed by atoms with van der Waals surface area (Å²) >= 11 is 1.67. The van der Waals surface area contributed by atoms with Gasteiger partial charge in [0.15, 0.2) is 0 Å². The molecule has 0 saturated carbocycles. The van der Waals surface area contributed by atoms with Gasteiger partial charge in [-0.15, -0.1) is 11.3 Å². The molecular formula is C18H21N5OS. The van der Waals surface area contributed by atoms with E-state index < -0.39 is 0 Å². The molecule has 6 nitrogen and oxygen atoms in total.